The predicted octanol–water partition coefficient (Wildman–Crippen LogP) is 1.60. The molecule has 0 saturated carbocycles. The highest BCUT2D eigenvalue weighted by molar-refractivity contribution is 5.95. The molecule has 1 atom stereocenters. The Labute approximate surface area is 130 Å². The van der Waals surface area contributed by atoms with Gasteiger partial charge < -0.3 is 15.4 Å². The van der Waals surface area contributed by atoms with E-state index in [1.165, 1.54) is 12.3 Å². The lowest BCUT2D eigenvalue weighted by atomic mass is 10.2. The summed E-state index contributed by atoms with van der Waals surface area (Å²) in [5.41, 5.74) is 5.82. The van der Waals surface area contributed by atoms with Gasteiger partial charge in [-0.25, -0.2) is 0 Å². The summed E-state index contributed by atoms with van der Waals surface area (Å²) >= 11 is 0. The first-order valence-corrected chi connectivity index (χ1v) is 7.78. The molecule has 6 heteroatoms. The number of nitrogens with two attached hydrogens (primary N) is 1. The van der Waals surface area contributed by atoms with E-state index in [4.69, 9.17) is 10.5 Å². The SMILES string of the molecule is CCCOC1CCCN(C(=O)c2ccc(C(N)=O)cn2)CC1. The molecule has 1 aromatic rings. The van der Waals surface area contributed by atoms with Crippen molar-refractivity contribution < 1.29 is 14.3 Å². The summed E-state index contributed by atoms with van der Waals surface area (Å²) < 4.78 is 5.78. The number of likely N-dealkylation sites (tertiary alicyclic amines) is 1. The molecule has 1 aromatic heterocycles. The van der Waals surface area contributed by atoms with Gasteiger partial charge in [0.1, 0.15) is 5.69 Å². The molecule has 1 saturated heterocycles. The molecule has 2 amide bonds. The minimum absolute atomic E-state index is 0.104. The fraction of sp³-hybridized carbons (Fsp3) is 0.562. The molecule has 0 aromatic carbocycles. The molecule has 2 heterocycles. The standard InChI is InChI=1S/C16H23N3O3/c1-2-10-22-13-4-3-8-19(9-7-13)16(21)14-6-5-12(11-18-14)15(17)20/h5-6,11,13H,2-4,7-10H2,1H3,(H2,17,20). The minimum Gasteiger partial charge on any atom is -0.378 e. The highest BCUT2D eigenvalue weighted by atomic mass is 16.5. The number of primary amides is 1. The summed E-state index contributed by atoms with van der Waals surface area (Å²) in [4.78, 5) is 29.3. The van der Waals surface area contributed by atoms with Crippen LogP contribution in [-0.4, -0.2) is 47.5 Å². The molecular weight excluding hydrogens is 282 g/mol. The number of amides is 2. The van der Waals surface area contributed by atoms with Crippen LogP contribution in [0.4, 0.5) is 0 Å². The molecule has 2 rings (SSSR count). The van der Waals surface area contributed by atoms with Gasteiger partial charge in [0, 0.05) is 25.9 Å². The molecule has 6 nitrogen and oxygen atoms in total. The first-order valence-electron chi connectivity index (χ1n) is 7.78. The maximum absolute atomic E-state index is 12.5. The number of nitrogens with zero attached hydrogens (tertiary/aromatic N) is 2. The molecule has 22 heavy (non-hydrogen) atoms. The summed E-state index contributed by atoms with van der Waals surface area (Å²) in [6, 6.07) is 3.09. The van der Waals surface area contributed by atoms with Crippen LogP contribution in [0.5, 0.6) is 0 Å². The molecule has 0 aliphatic carbocycles. The van der Waals surface area contributed by atoms with Crippen molar-refractivity contribution in [2.24, 2.45) is 5.73 Å². The van der Waals surface area contributed by atoms with Gasteiger partial charge in [-0.2, -0.15) is 0 Å². The molecule has 1 aliphatic rings. The Kier molecular flexibility index (Phi) is 5.89. The lowest BCUT2D eigenvalue weighted by molar-refractivity contribution is 0.0432. The van der Waals surface area contributed by atoms with Gasteiger partial charge in [0.2, 0.25) is 5.91 Å². The average molecular weight is 305 g/mol. The number of carbonyl (C=O) groups excluding carboxylic acids is 2. The zero-order valence-corrected chi connectivity index (χ0v) is 13.0. The second-order valence-electron chi connectivity index (χ2n) is 5.51. The molecule has 2 N–H and O–H groups in total. The van der Waals surface area contributed by atoms with Crippen LogP contribution < -0.4 is 5.73 Å². The summed E-state index contributed by atoms with van der Waals surface area (Å²) in [6.07, 6.45) is 5.36. The van der Waals surface area contributed by atoms with E-state index in [0.29, 0.717) is 24.3 Å². The molecule has 0 bridgehead atoms. The first-order chi connectivity index (χ1) is 10.6. The lowest BCUT2D eigenvalue weighted by Gasteiger charge is -2.20. The van der Waals surface area contributed by atoms with Crippen LogP contribution in [0.25, 0.3) is 0 Å². The molecule has 1 unspecified atom stereocenters. The van der Waals surface area contributed by atoms with Crippen LogP contribution in [0.15, 0.2) is 18.3 Å². The third kappa shape index (κ3) is 4.27. The summed E-state index contributed by atoms with van der Waals surface area (Å²) in [5, 5.41) is 0. The van der Waals surface area contributed by atoms with Crippen LogP contribution in [0.3, 0.4) is 0 Å². The van der Waals surface area contributed by atoms with Crippen molar-refractivity contribution in [3.63, 3.8) is 0 Å². The molecular formula is C16H23N3O3. The lowest BCUT2D eigenvalue weighted by Crippen LogP contribution is -2.33. The molecule has 1 aliphatic heterocycles. The van der Waals surface area contributed by atoms with Gasteiger partial charge in [-0.3, -0.25) is 14.6 Å². The first kappa shape index (κ1) is 16.4. The van der Waals surface area contributed by atoms with E-state index in [1.54, 1.807) is 6.07 Å². The summed E-state index contributed by atoms with van der Waals surface area (Å²) in [5.74, 6) is -0.649. The number of pyridine rings is 1. The van der Waals surface area contributed by atoms with Crippen molar-refractivity contribution in [2.75, 3.05) is 19.7 Å². The second-order valence-corrected chi connectivity index (χ2v) is 5.51. The van der Waals surface area contributed by atoms with E-state index < -0.39 is 5.91 Å². The molecule has 0 radical (unpaired) electrons. The third-order valence-corrected chi connectivity index (χ3v) is 3.79. The van der Waals surface area contributed by atoms with Crippen molar-refractivity contribution in [3.8, 4) is 0 Å². The van der Waals surface area contributed by atoms with E-state index in [1.807, 2.05) is 4.90 Å². The van der Waals surface area contributed by atoms with Gasteiger partial charge in [0.05, 0.1) is 11.7 Å². The predicted molar refractivity (Wildman–Crippen MR) is 82.5 cm³/mol. The molecule has 1 fully saturated rings. The Hall–Kier alpha value is -1.95. The van der Waals surface area contributed by atoms with Crippen LogP contribution in [0.2, 0.25) is 0 Å². The van der Waals surface area contributed by atoms with E-state index in [2.05, 4.69) is 11.9 Å². The Balaban J connectivity index is 1.96. The molecule has 120 valence electrons. The number of hydrogen-bond acceptors (Lipinski definition) is 4. The normalized spacial score (nSPS) is 18.8. The van der Waals surface area contributed by atoms with E-state index in [0.717, 1.165) is 32.3 Å². The average Bonchev–Trinajstić information content (AvgIpc) is 2.78. The van der Waals surface area contributed by atoms with Crippen LogP contribution >= 0.6 is 0 Å². The van der Waals surface area contributed by atoms with Crippen LogP contribution in [0.1, 0.15) is 53.5 Å². The van der Waals surface area contributed by atoms with Gasteiger partial charge >= 0.3 is 0 Å². The minimum atomic E-state index is -0.544. The third-order valence-electron chi connectivity index (χ3n) is 3.79. The number of hydrogen-bond donors (Lipinski definition) is 1. The fourth-order valence-corrected chi connectivity index (χ4v) is 2.55. The highest BCUT2D eigenvalue weighted by Crippen LogP contribution is 2.16. The summed E-state index contributed by atoms with van der Waals surface area (Å²) in [6.45, 7) is 4.25. The Morgan fingerprint density at radius 1 is 1.36 bits per heavy atom. The van der Waals surface area contributed by atoms with Crippen molar-refractivity contribution in [1.29, 1.82) is 0 Å². The van der Waals surface area contributed by atoms with Crippen molar-refractivity contribution in [2.45, 2.75) is 38.7 Å². The number of aromatic nitrogens is 1. The monoisotopic (exact) mass is 305 g/mol. The fourth-order valence-electron chi connectivity index (χ4n) is 2.55. The van der Waals surface area contributed by atoms with Crippen molar-refractivity contribution in [1.82, 2.24) is 9.88 Å². The van der Waals surface area contributed by atoms with Gasteiger partial charge in [0.15, 0.2) is 0 Å². The van der Waals surface area contributed by atoms with Gasteiger partial charge in [-0.15, -0.1) is 0 Å². The second kappa shape index (κ2) is 7.89. The number of rotatable bonds is 5. The van der Waals surface area contributed by atoms with Crippen LogP contribution in [0, 0.1) is 0 Å². The summed E-state index contributed by atoms with van der Waals surface area (Å²) in [7, 11) is 0. The maximum Gasteiger partial charge on any atom is 0.272 e. The number of carbonyl (C=O) groups is 2. The quantitative estimate of drug-likeness (QED) is 0.895. The topological polar surface area (TPSA) is 85.5 Å². The van der Waals surface area contributed by atoms with Gasteiger partial charge in [0.25, 0.3) is 5.91 Å². The van der Waals surface area contributed by atoms with Crippen molar-refractivity contribution in [3.05, 3.63) is 29.6 Å². The van der Waals surface area contributed by atoms with E-state index in [9.17, 15) is 9.59 Å². The van der Waals surface area contributed by atoms with Gasteiger partial charge in [-0.05, 0) is 37.8 Å². The Morgan fingerprint density at radius 2 is 2.18 bits per heavy atom. The van der Waals surface area contributed by atoms with E-state index >= 15 is 0 Å². The van der Waals surface area contributed by atoms with Gasteiger partial charge in [-0.1, -0.05) is 6.92 Å². The van der Waals surface area contributed by atoms with Crippen molar-refractivity contribution >= 4 is 11.8 Å². The van der Waals surface area contributed by atoms with E-state index in [-0.39, 0.29) is 12.0 Å². The highest BCUT2D eigenvalue weighted by Gasteiger charge is 2.22. The smallest absolute Gasteiger partial charge is 0.272 e. The largest absolute Gasteiger partial charge is 0.378 e. The Morgan fingerprint density at radius 3 is 2.82 bits per heavy atom. The Bertz CT molecular complexity index is 516. The number of ether oxygens (including phenoxy) is 1. The van der Waals surface area contributed by atoms with Crippen LogP contribution in [-0.2, 0) is 4.74 Å². The maximum atomic E-state index is 12.5. The zero-order valence-electron chi connectivity index (χ0n) is 13.0. The molecule has 0 spiro atoms. The zero-order chi connectivity index (χ0) is 15.9.